The highest BCUT2D eigenvalue weighted by Gasteiger charge is 2.46. The fraction of sp³-hybridized carbons (Fsp3) is 0.706. The fourth-order valence-corrected chi connectivity index (χ4v) is 4.29. The SMILES string of the molecule is CC(C)C1CCC2=CC(=O)C=C[C@]2(C)C1C(C)C. The molecule has 0 aromatic heterocycles. The van der Waals surface area contributed by atoms with Crippen molar-refractivity contribution in [3.05, 3.63) is 23.8 Å². The second kappa shape index (κ2) is 4.68. The van der Waals surface area contributed by atoms with Crippen molar-refractivity contribution in [1.82, 2.24) is 0 Å². The molecule has 0 aromatic rings. The van der Waals surface area contributed by atoms with E-state index >= 15 is 0 Å². The van der Waals surface area contributed by atoms with Gasteiger partial charge in [-0.05, 0) is 48.7 Å². The zero-order valence-corrected chi connectivity index (χ0v) is 12.4. The zero-order chi connectivity index (χ0) is 13.5. The van der Waals surface area contributed by atoms with E-state index in [1.165, 1.54) is 12.0 Å². The normalized spacial score (nSPS) is 35.9. The summed E-state index contributed by atoms with van der Waals surface area (Å²) in [6.07, 6.45) is 8.19. The third-order valence-corrected chi connectivity index (χ3v) is 5.08. The van der Waals surface area contributed by atoms with Gasteiger partial charge in [0.2, 0.25) is 0 Å². The molecule has 0 bridgehead atoms. The van der Waals surface area contributed by atoms with Gasteiger partial charge in [0.25, 0.3) is 0 Å². The lowest BCUT2D eigenvalue weighted by Gasteiger charge is -2.51. The van der Waals surface area contributed by atoms with Crippen molar-refractivity contribution < 1.29 is 4.79 Å². The molecule has 2 aliphatic carbocycles. The highest BCUT2D eigenvalue weighted by Crippen LogP contribution is 2.54. The van der Waals surface area contributed by atoms with Gasteiger partial charge in [0, 0.05) is 5.41 Å². The van der Waals surface area contributed by atoms with Crippen LogP contribution in [0.4, 0.5) is 0 Å². The minimum absolute atomic E-state index is 0.106. The van der Waals surface area contributed by atoms with Crippen LogP contribution in [0.15, 0.2) is 23.8 Å². The van der Waals surface area contributed by atoms with E-state index < -0.39 is 0 Å². The van der Waals surface area contributed by atoms with E-state index in [1.807, 2.05) is 6.08 Å². The van der Waals surface area contributed by atoms with Crippen LogP contribution in [-0.4, -0.2) is 5.78 Å². The number of hydrogen-bond donors (Lipinski definition) is 0. The van der Waals surface area contributed by atoms with Crippen LogP contribution >= 0.6 is 0 Å². The predicted molar refractivity (Wildman–Crippen MR) is 76.2 cm³/mol. The molecule has 0 aliphatic heterocycles. The van der Waals surface area contributed by atoms with Crippen LogP contribution in [0, 0.1) is 29.1 Å². The zero-order valence-electron chi connectivity index (χ0n) is 12.4. The minimum Gasteiger partial charge on any atom is -0.290 e. The lowest BCUT2D eigenvalue weighted by molar-refractivity contribution is -0.110. The topological polar surface area (TPSA) is 17.1 Å². The van der Waals surface area contributed by atoms with E-state index in [0.717, 1.165) is 18.3 Å². The Hall–Kier alpha value is -0.850. The molecule has 2 unspecified atom stereocenters. The molecule has 0 spiro atoms. The van der Waals surface area contributed by atoms with Crippen molar-refractivity contribution in [3.63, 3.8) is 0 Å². The lowest BCUT2D eigenvalue weighted by Crippen LogP contribution is -2.43. The van der Waals surface area contributed by atoms with Crippen molar-refractivity contribution in [3.8, 4) is 0 Å². The van der Waals surface area contributed by atoms with Crippen molar-refractivity contribution >= 4 is 5.78 Å². The van der Waals surface area contributed by atoms with Crippen LogP contribution in [0.1, 0.15) is 47.5 Å². The molecule has 0 amide bonds. The summed E-state index contributed by atoms with van der Waals surface area (Å²) in [5.74, 6) is 2.98. The summed E-state index contributed by atoms with van der Waals surface area (Å²) in [6.45, 7) is 11.7. The van der Waals surface area contributed by atoms with E-state index in [9.17, 15) is 4.79 Å². The minimum atomic E-state index is 0.106. The van der Waals surface area contributed by atoms with Crippen molar-refractivity contribution in [1.29, 1.82) is 0 Å². The second-order valence-electron chi connectivity index (χ2n) is 6.90. The number of carbonyl (C=O) groups is 1. The van der Waals surface area contributed by atoms with Crippen LogP contribution in [-0.2, 0) is 4.79 Å². The Bertz CT molecular complexity index is 400. The van der Waals surface area contributed by atoms with Crippen LogP contribution in [0.3, 0.4) is 0 Å². The molecule has 0 heterocycles. The Morgan fingerprint density at radius 3 is 2.44 bits per heavy atom. The number of rotatable bonds is 2. The molecule has 1 saturated carbocycles. The maximum Gasteiger partial charge on any atom is 0.178 e. The van der Waals surface area contributed by atoms with Gasteiger partial charge in [0.15, 0.2) is 5.78 Å². The van der Waals surface area contributed by atoms with E-state index in [4.69, 9.17) is 0 Å². The van der Waals surface area contributed by atoms with Crippen molar-refractivity contribution in [2.75, 3.05) is 0 Å². The molecular formula is C17H26O. The van der Waals surface area contributed by atoms with Gasteiger partial charge in [0.1, 0.15) is 0 Å². The molecular weight excluding hydrogens is 220 g/mol. The standard InChI is InChI=1S/C17H26O/c1-11(2)15-7-6-13-10-14(18)8-9-17(13,5)16(15)12(3)4/h8-12,15-16H,6-7H2,1-5H3/t15?,16?,17-/m0/s1. The molecule has 2 aliphatic rings. The van der Waals surface area contributed by atoms with Crippen LogP contribution in [0.25, 0.3) is 0 Å². The molecule has 1 nitrogen and oxygen atoms in total. The van der Waals surface area contributed by atoms with Gasteiger partial charge in [-0.3, -0.25) is 4.79 Å². The monoisotopic (exact) mass is 246 g/mol. The Morgan fingerprint density at radius 1 is 1.22 bits per heavy atom. The quantitative estimate of drug-likeness (QED) is 0.706. The number of allylic oxidation sites excluding steroid dienone is 4. The maximum absolute atomic E-state index is 11.6. The predicted octanol–water partition coefficient (Wildman–Crippen LogP) is 4.40. The molecule has 1 fully saturated rings. The van der Waals surface area contributed by atoms with Crippen LogP contribution in [0.5, 0.6) is 0 Å². The second-order valence-corrected chi connectivity index (χ2v) is 6.90. The summed E-state index contributed by atoms with van der Waals surface area (Å²) in [7, 11) is 0. The van der Waals surface area contributed by atoms with Gasteiger partial charge in [0.05, 0.1) is 0 Å². The Kier molecular flexibility index (Phi) is 3.53. The third kappa shape index (κ3) is 2.08. The van der Waals surface area contributed by atoms with Gasteiger partial charge in [-0.25, -0.2) is 0 Å². The molecule has 0 N–H and O–H groups in total. The molecule has 2 rings (SSSR count). The number of hydrogen-bond acceptors (Lipinski definition) is 1. The molecule has 18 heavy (non-hydrogen) atoms. The third-order valence-electron chi connectivity index (χ3n) is 5.08. The summed E-state index contributed by atoms with van der Waals surface area (Å²) in [5.41, 5.74) is 1.47. The summed E-state index contributed by atoms with van der Waals surface area (Å²) < 4.78 is 0. The van der Waals surface area contributed by atoms with Crippen LogP contribution in [0.2, 0.25) is 0 Å². The average Bonchev–Trinajstić information content (AvgIpc) is 2.27. The van der Waals surface area contributed by atoms with E-state index in [1.54, 1.807) is 6.08 Å². The van der Waals surface area contributed by atoms with Gasteiger partial charge in [-0.2, -0.15) is 0 Å². The first kappa shape index (κ1) is 13.6. The number of ketones is 1. The van der Waals surface area contributed by atoms with Gasteiger partial charge < -0.3 is 0 Å². The summed E-state index contributed by atoms with van der Waals surface area (Å²) in [6, 6.07) is 0. The van der Waals surface area contributed by atoms with Crippen molar-refractivity contribution in [2.45, 2.75) is 47.5 Å². The molecule has 1 heteroatoms. The van der Waals surface area contributed by atoms with Crippen molar-refractivity contribution in [2.24, 2.45) is 29.1 Å². The first-order valence-corrected chi connectivity index (χ1v) is 7.30. The highest BCUT2D eigenvalue weighted by molar-refractivity contribution is 6.01. The van der Waals surface area contributed by atoms with E-state index in [0.29, 0.717) is 11.8 Å². The Labute approximate surface area is 111 Å². The largest absolute Gasteiger partial charge is 0.290 e. The summed E-state index contributed by atoms with van der Waals surface area (Å²) in [4.78, 5) is 11.6. The van der Waals surface area contributed by atoms with Gasteiger partial charge in [-0.1, -0.05) is 46.3 Å². The summed E-state index contributed by atoms with van der Waals surface area (Å²) >= 11 is 0. The molecule has 0 saturated heterocycles. The summed E-state index contributed by atoms with van der Waals surface area (Å²) in [5, 5.41) is 0. The van der Waals surface area contributed by atoms with Gasteiger partial charge in [-0.15, -0.1) is 0 Å². The smallest absolute Gasteiger partial charge is 0.178 e. The lowest BCUT2D eigenvalue weighted by atomic mass is 9.53. The fourth-order valence-electron chi connectivity index (χ4n) is 4.29. The Balaban J connectivity index is 2.42. The maximum atomic E-state index is 11.6. The molecule has 100 valence electrons. The van der Waals surface area contributed by atoms with Gasteiger partial charge >= 0.3 is 0 Å². The highest BCUT2D eigenvalue weighted by atomic mass is 16.1. The molecule has 0 radical (unpaired) electrons. The Morgan fingerprint density at radius 2 is 1.89 bits per heavy atom. The first-order chi connectivity index (χ1) is 8.36. The number of carbonyl (C=O) groups excluding carboxylic acids is 1. The van der Waals surface area contributed by atoms with Crippen LogP contribution < -0.4 is 0 Å². The molecule has 0 aromatic carbocycles. The molecule has 3 atom stereocenters. The first-order valence-electron chi connectivity index (χ1n) is 7.30. The average molecular weight is 246 g/mol. The van der Waals surface area contributed by atoms with E-state index in [-0.39, 0.29) is 11.2 Å². The number of fused-ring (bicyclic) bond motifs is 1. The van der Waals surface area contributed by atoms with E-state index in [2.05, 4.69) is 40.7 Å².